The summed E-state index contributed by atoms with van der Waals surface area (Å²) in [6.45, 7) is 5.41. The minimum Gasteiger partial charge on any atom is -0.508 e. The van der Waals surface area contributed by atoms with Crippen LogP contribution in [0.2, 0.25) is 0 Å². The average molecular weight is 479 g/mol. The van der Waals surface area contributed by atoms with Crippen LogP contribution in [0.25, 0.3) is 0 Å². The van der Waals surface area contributed by atoms with Crippen LogP contribution >= 0.6 is 0 Å². The van der Waals surface area contributed by atoms with Crippen LogP contribution in [0.1, 0.15) is 36.6 Å². The fourth-order valence-electron chi connectivity index (χ4n) is 3.90. The Kier molecular flexibility index (Phi) is 10.6. The Morgan fingerprint density at radius 2 is 1.26 bits per heavy atom. The summed E-state index contributed by atoms with van der Waals surface area (Å²) in [5.41, 5.74) is 3.26. The largest absolute Gasteiger partial charge is 0.508 e. The van der Waals surface area contributed by atoms with Crippen LogP contribution < -0.4 is 15.4 Å². The normalized spacial score (nSPS) is 14.7. The van der Waals surface area contributed by atoms with Crippen molar-refractivity contribution in [1.82, 2.24) is 10.6 Å². The molecule has 0 radical (unpaired) electrons. The second-order valence-electron chi connectivity index (χ2n) is 9.23. The fourth-order valence-corrected chi connectivity index (χ4v) is 3.90. The molecule has 35 heavy (non-hydrogen) atoms. The first kappa shape index (κ1) is 26.7. The van der Waals surface area contributed by atoms with Crippen LogP contribution in [0, 0.1) is 0 Å². The van der Waals surface area contributed by atoms with E-state index in [1.54, 1.807) is 24.3 Å². The number of aliphatic hydroxyl groups excluding tert-OH is 2. The molecule has 0 fully saturated rings. The molecule has 6 heteroatoms. The number of hydrogen-bond acceptors (Lipinski definition) is 6. The van der Waals surface area contributed by atoms with Crippen molar-refractivity contribution >= 4 is 0 Å². The molecule has 0 heterocycles. The molecule has 0 unspecified atom stereocenters. The monoisotopic (exact) mass is 478 g/mol. The van der Waals surface area contributed by atoms with Gasteiger partial charge in [0.05, 0.1) is 6.10 Å². The maximum atomic E-state index is 10.3. The summed E-state index contributed by atoms with van der Waals surface area (Å²) in [5.74, 6) is 0.958. The molecule has 0 aliphatic rings. The van der Waals surface area contributed by atoms with Gasteiger partial charge >= 0.3 is 0 Å². The summed E-state index contributed by atoms with van der Waals surface area (Å²) >= 11 is 0. The smallest absolute Gasteiger partial charge is 0.119 e. The zero-order valence-electron chi connectivity index (χ0n) is 20.6. The number of aliphatic hydroxyl groups is 2. The van der Waals surface area contributed by atoms with Crippen molar-refractivity contribution in [3.05, 3.63) is 95.6 Å². The van der Waals surface area contributed by atoms with Crippen LogP contribution in [0.3, 0.4) is 0 Å². The summed E-state index contributed by atoms with van der Waals surface area (Å²) in [4.78, 5) is 0. The second-order valence-corrected chi connectivity index (χ2v) is 9.23. The Hall–Kier alpha value is -2.90. The van der Waals surface area contributed by atoms with E-state index in [0.717, 1.165) is 24.2 Å². The highest BCUT2D eigenvalue weighted by Gasteiger charge is 2.11. The lowest BCUT2D eigenvalue weighted by atomic mass is 10.0. The van der Waals surface area contributed by atoms with Gasteiger partial charge in [0, 0.05) is 25.2 Å². The van der Waals surface area contributed by atoms with E-state index in [1.165, 1.54) is 11.1 Å². The molecule has 0 aliphatic carbocycles. The summed E-state index contributed by atoms with van der Waals surface area (Å²) in [5, 5.41) is 36.7. The summed E-state index contributed by atoms with van der Waals surface area (Å²) < 4.78 is 5.60. The molecule has 188 valence electrons. The average Bonchev–Trinajstić information content (AvgIpc) is 2.87. The molecule has 6 nitrogen and oxygen atoms in total. The Bertz CT molecular complexity index is 980. The van der Waals surface area contributed by atoms with Crippen LogP contribution in [0.4, 0.5) is 0 Å². The quantitative estimate of drug-likeness (QED) is 0.243. The number of para-hydroxylation sites is 1. The minimum absolute atomic E-state index is 0.196. The van der Waals surface area contributed by atoms with E-state index in [-0.39, 0.29) is 24.4 Å². The first-order chi connectivity index (χ1) is 16.9. The summed E-state index contributed by atoms with van der Waals surface area (Å²) in [7, 11) is 0. The lowest BCUT2D eigenvalue weighted by Crippen LogP contribution is -2.37. The van der Waals surface area contributed by atoms with Gasteiger partial charge in [-0.2, -0.15) is 0 Å². The van der Waals surface area contributed by atoms with Crippen molar-refractivity contribution in [3.63, 3.8) is 0 Å². The van der Waals surface area contributed by atoms with E-state index in [2.05, 4.69) is 48.7 Å². The highest BCUT2D eigenvalue weighted by Crippen LogP contribution is 2.16. The van der Waals surface area contributed by atoms with Gasteiger partial charge in [-0.25, -0.2) is 0 Å². The second kappa shape index (κ2) is 13.9. The fraction of sp³-hybridized carbons (Fsp3) is 0.379. The SMILES string of the molecule is C[C@H](Cc1ccc(C[C@@H](C)NC[C@H](O)c2ccc(O)cc2)cc1)NC[C@H](O)COc1ccccc1. The van der Waals surface area contributed by atoms with Gasteiger partial charge in [-0.1, -0.05) is 54.6 Å². The lowest BCUT2D eigenvalue weighted by Gasteiger charge is -2.19. The van der Waals surface area contributed by atoms with Crippen LogP contribution in [0.5, 0.6) is 11.5 Å². The number of rotatable bonds is 14. The van der Waals surface area contributed by atoms with Gasteiger partial charge in [-0.15, -0.1) is 0 Å². The molecule has 0 aromatic heterocycles. The first-order valence-electron chi connectivity index (χ1n) is 12.3. The third-order valence-corrected chi connectivity index (χ3v) is 5.93. The van der Waals surface area contributed by atoms with E-state index < -0.39 is 12.2 Å². The number of hydrogen-bond donors (Lipinski definition) is 5. The first-order valence-corrected chi connectivity index (χ1v) is 12.3. The topological polar surface area (TPSA) is 94.0 Å². The third kappa shape index (κ3) is 9.70. The summed E-state index contributed by atoms with van der Waals surface area (Å²) in [6, 6.07) is 25.2. The highest BCUT2D eigenvalue weighted by atomic mass is 16.5. The zero-order valence-corrected chi connectivity index (χ0v) is 20.6. The molecule has 3 aromatic rings. The predicted octanol–water partition coefficient (Wildman–Crippen LogP) is 3.61. The van der Waals surface area contributed by atoms with Crippen molar-refractivity contribution in [2.45, 2.75) is 51.0 Å². The Labute approximate surface area is 208 Å². The van der Waals surface area contributed by atoms with Crippen molar-refractivity contribution in [2.75, 3.05) is 19.7 Å². The van der Waals surface area contributed by atoms with Crippen molar-refractivity contribution < 1.29 is 20.1 Å². The maximum absolute atomic E-state index is 10.3. The van der Waals surface area contributed by atoms with Gasteiger partial charge < -0.3 is 30.7 Å². The molecular formula is C29H38N2O4. The molecule has 5 N–H and O–H groups in total. The molecule has 4 atom stereocenters. The number of phenolic OH excluding ortho intramolecular Hbond substituents is 1. The van der Waals surface area contributed by atoms with Gasteiger partial charge in [-0.05, 0) is 67.6 Å². The molecule has 0 saturated heterocycles. The van der Waals surface area contributed by atoms with Gasteiger partial charge in [0.25, 0.3) is 0 Å². The molecule has 0 amide bonds. The zero-order chi connectivity index (χ0) is 25.0. The minimum atomic E-state index is -0.613. The number of nitrogens with one attached hydrogen (secondary N) is 2. The van der Waals surface area contributed by atoms with Gasteiger partial charge in [-0.3, -0.25) is 0 Å². The van der Waals surface area contributed by atoms with Crippen molar-refractivity contribution in [3.8, 4) is 11.5 Å². The standard InChI is InChI=1S/C29H38N2O4/c1-21(30-18-27(33)20-35-28-6-4-3-5-7-28)16-23-8-10-24(11-9-23)17-22(2)31-19-29(34)25-12-14-26(32)15-13-25/h3-15,21-22,27,29-34H,16-20H2,1-2H3/t21-,22-,27+,29+/m1/s1. The van der Waals surface area contributed by atoms with Crippen molar-refractivity contribution in [2.24, 2.45) is 0 Å². The van der Waals surface area contributed by atoms with E-state index >= 15 is 0 Å². The lowest BCUT2D eigenvalue weighted by molar-refractivity contribution is 0.104. The molecule has 3 aromatic carbocycles. The van der Waals surface area contributed by atoms with E-state index in [9.17, 15) is 15.3 Å². The molecule has 0 bridgehead atoms. The molecule has 0 aliphatic heterocycles. The molecule has 3 rings (SSSR count). The number of aromatic hydroxyl groups is 1. The van der Waals surface area contributed by atoms with Crippen LogP contribution in [0.15, 0.2) is 78.9 Å². The molecule has 0 spiro atoms. The van der Waals surface area contributed by atoms with Gasteiger partial charge in [0.1, 0.15) is 24.2 Å². The van der Waals surface area contributed by atoms with E-state index in [4.69, 9.17) is 4.74 Å². The van der Waals surface area contributed by atoms with E-state index in [1.807, 2.05) is 30.3 Å². The maximum Gasteiger partial charge on any atom is 0.119 e. The van der Waals surface area contributed by atoms with E-state index in [0.29, 0.717) is 13.1 Å². The van der Waals surface area contributed by atoms with Crippen molar-refractivity contribution in [1.29, 1.82) is 0 Å². The Morgan fingerprint density at radius 3 is 1.83 bits per heavy atom. The number of benzene rings is 3. The van der Waals surface area contributed by atoms with Gasteiger partial charge in [0.15, 0.2) is 0 Å². The number of ether oxygens (including phenoxy) is 1. The molecule has 0 saturated carbocycles. The Morgan fingerprint density at radius 1 is 0.714 bits per heavy atom. The van der Waals surface area contributed by atoms with Gasteiger partial charge in [0.2, 0.25) is 0 Å². The third-order valence-electron chi connectivity index (χ3n) is 5.93. The Balaban J connectivity index is 1.34. The van der Waals surface area contributed by atoms with Crippen LogP contribution in [-0.4, -0.2) is 53.2 Å². The highest BCUT2D eigenvalue weighted by molar-refractivity contribution is 5.27. The summed E-state index contributed by atoms with van der Waals surface area (Å²) in [6.07, 6.45) is 0.558. The number of phenols is 1. The molecular weight excluding hydrogens is 440 g/mol. The predicted molar refractivity (Wildman–Crippen MR) is 140 cm³/mol. The van der Waals surface area contributed by atoms with Crippen LogP contribution in [-0.2, 0) is 12.8 Å².